The molecule has 0 saturated carbocycles. The molecule has 1 N–H and O–H groups in total. The molecule has 0 amide bonds. The van der Waals surface area contributed by atoms with Crippen LogP contribution in [-0.2, 0) is 19.4 Å². The highest BCUT2D eigenvalue weighted by atomic mass is 16.3. The van der Waals surface area contributed by atoms with Crippen molar-refractivity contribution >= 4 is 11.1 Å². The van der Waals surface area contributed by atoms with Crippen molar-refractivity contribution in [2.45, 2.75) is 33.2 Å². The zero-order chi connectivity index (χ0) is 15.4. The summed E-state index contributed by atoms with van der Waals surface area (Å²) in [5, 5.41) is 3.33. The van der Waals surface area contributed by atoms with E-state index in [1.54, 1.807) is 0 Å². The number of aryl methyl sites for hydroxylation is 3. The molecule has 0 aliphatic rings. The molecule has 0 unspecified atom stereocenters. The molecule has 114 valence electrons. The number of nitrogens with one attached hydrogen (secondary N) is 1. The van der Waals surface area contributed by atoms with Gasteiger partial charge < -0.3 is 9.73 Å². The average Bonchev–Trinajstić information content (AvgIpc) is 2.94. The Labute approximate surface area is 131 Å². The van der Waals surface area contributed by atoms with E-state index in [0.717, 1.165) is 42.9 Å². The van der Waals surface area contributed by atoms with Gasteiger partial charge in [0, 0.05) is 13.0 Å². The highest BCUT2D eigenvalue weighted by Gasteiger charge is 2.07. The van der Waals surface area contributed by atoms with Crippen LogP contribution in [0, 0.1) is 6.92 Å². The number of hydrogen-bond acceptors (Lipinski definition) is 3. The Hall–Kier alpha value is -2.13. The third-order valence-corrected chi connectivity index (χ3v) is 3.82. The topological polar surface area (TPSA) is 38.1 Å². The molecular weight excluding hydrogens is 272 g/mol. The highest BCUT2D eigenvalue weighted by Crippen LogP contribution is 2.18. The van der Waals surface area contributed by atoms with Crippen LogP contribution in [0.3, 0.4) is 0 Å². The monoisotopic (exact) mass is 294 g/mol. The Morgan fingerprint density at radius 2 is 1.77 bits per heavy atom. The van der Waals surface area contributed by atoms with Gasteiger partial charge >= 0.3 is 0 Å². The quantitative estimate of drug-likeness (QED) is 0.746. The minimum Gasteiger partial charge on any atom is -0.441 e. The summed E-state index contributed by atoms with van der Waals surface area (Å²) >= 11 is 0. The van der Waals surface area contributed by atoms with Gasteiger partial charge in [0.05, 0.1) is 0 Å². The molecule has 3 heteroatoms. The van der Waals surface area contributed by atoms with E-state index in [1.165, 1.54) is 16.7 Å². The number of aromatic nitrogens is 1. The van der Waals surface area contributed by atoms with Crippen molar-refractivity contribution in [1.82, 2.24) is 10.3 Å². The van der Waals surface area contributed by atoms with Crippen LogP contribution in [0.2, 0.25) is 0 Å². The molecule has 1 heterocycles. The summed E-state index contributed by atoms with van der Waals surface area (Å²) in [6.07, 6.45) is 1.79. The van der Waals surface area contributed by atoms with Crippen molar-refractivity contribution < 1.29 is 4.42 Å². The van der Waals surface area contributed by atoms with Crippen LogP contribution in [-0.4, -0.2) is 11.5 Å². The maximum Gasteiger partial charge on any atom is 0.195 e. The van der Waals surface area contributed by atoms with E-state index in [4.69, 9.17) is 4.42 Å². The molecule has 0 saturated heterocycles. The highest BCUT2D eigenvalue weighted by molar-refractivity contribution is 5.73. The molecule has 3 nitrogen and oxygen atoms in total. The van der Waals surface area contributed by atoms with Gasteiger partial charge in [0.2, 0.25) is 0 Å². The Balaban J connectivity index is 1.70. The molecule has 0 atom stereocenters. The number of nitrogens with zero attached hydrogens (tertiary/aromatic N) is 1. The van der Waals surface area contributed by atoms with Gasteiger partial charge in [-0.05, 0) is 43.1 Å². The molecular formula is C19H22N2O. The van der Waals surface area contributed by atoms with Crippen LogP contribution in [0.15, 0.2) is 46.9 Å². The number of benzene rings is 2. The summed E-state index contributed by atoms with van der Waals surface area (Å²) in [5.41, 5.74) is 5.68. The van der Waals surface area contributed by atoms with Gasteiger partial charge in [-0.1, -0.05) is 42.8 Å². The maximum absolute atomic E-state index is 5.84. The number of fused-ring (bicyclic) bond motifs is 1. The Kier molecular flexibility index (Phi) is 4.54. The lowest BCUT2D eigenvalue weighted by Crippen LogP contribution is -2.11. The summed E-state index contributed by atoms with van der Waals surface area (Å²) in [6, 6.07) is 14.9. The molecule has 0 fully saturated rings. The summed E-state index contributed by atoms with van der Waals surface area (Å²) in [5.74, 6) is 0.816. The van der Waals surface area contributed by atoms with Gasteiger partial charge in [0.1, 0.15) is 5.52 Å². The van der Waals surface area contributed by atoms with Crippen molar-refractivity contribution in [3.8, 4) is 0 Å². The van der Waals surface area contributed by atoms with Gasteiger partial charge in [-0.25, -0.2) is 4.98 Å². The van der Waals surface area contributed by atoms with Crippen molar-refractivity contribution in [2.75, 3.05) is 6.54 Å². The van der Waals surface area contributed by atoms with E-state index in [-0.39, 0.29) is 0 Å². The maximum atomic E-state index is 5.84. The zero-order valence-corrected chi connectivity index (χ0v) is 13.2. The second kappa shape index (κ2) is 6.75. The van der Waals surface area contributed by atoms with Crippen molar-refractivity contribution in [1.29, 1.82) is 0 Å². The Morgan fingerprint density at radius 3 is 2.55 bits per heavy atom. The average molecular weight is 294 g/mol. The normalized spacial score (nSPS) is 11.2. The number of oxazole rings is 1. The van der Waals surface area contributed by atoms with Gasteiger partial charge in [-0.15, -0.1) is 0 Å². The molecule has 0 spiro atoms. The predicted octanol–water partition coefficient (Wildman–Crippen LogP) is 4.03. The fraction of sp³-hybridized carbons (Fsp3) is 0.316. The van der Waals surface area contributed by atoms with Crippen LogP contribution >= 0.6 is 0 Å². The van der Waals surface area contributed by atoms with Crippen LogP contribution in [0.5, 0.6) is 0 Å². The fourth-order valence-electron chi connectivity index (χ4n) is 2.51. The van der Waals surface area contributed by atoms with Crippen molar-refractivity contribution in [3.63, 3.8) is 0 Å². The summed E-state index contributed by atoms with van der Waals surface area (Å²) in [4.78, 5) is 4.62. The van der Waals surface area contributed by atoms with Gasteiger partial charge in [0.25, 0.3) is 0 Å². The minimum absolute atomic E-state index is 0.816. The Bertz CT molecular complexity index is 744. The fourth-order valence-corrected chi connectivity index (χ4v) is 2.51. The lowest BCUT2D eigenvalue weighted by Gasteiger charge is -2.00. The molecule has 2 aromatic carbocycles. The SMILES string of the molecule is CCNCc1ccc2oc(CCc3ccc(C)cc3)nc2c1. The molecule has 0 bridgehead atoms. The molecule has 0 aliphatic heterocycles. The Morgan fingerprint density at radius 1 is 1.00 bits per heavy atom. The van der Waals surface area contributed by atoms with Crippen LogP contribution in [0.25, 0.3) is 11.1 Å². The minimum atomic E-state index is 0.816. The standard InChI is InChI=1S/C19H22N2O/c1-3-20-13-16-8-10-18-17(12-16)21-19(22-18)11-9-15-6-4-14(2)5-7-15/h4-8,10,12,20H,3,9,11,13H2,1-2H3. The molecule has 3 rings (SSSR count). The molecule has 22 heavy (non-hydrogen) atoms. The summed E-state index contributed by atoms with van der Waals surface area (Å²) in [6.45, 7) is 6.06. The molecule has 3 aromatic rings. The smallest absolute Gasteiger partial charge is 0.195 e. The van der Waals surface area contributed by atoms with Gasteiger partial charge in [-0.2, -0.15) is 0 Å². The zero-order valence-electron chi connectivity index (χ0n) is 13.2. The number of hydrogen-bond donors (Lipinski definition) is 1. The van der Waals surface area contributed by atoms with Crippen LogP contribution in [0.1, 0.15) is 29.5 Å². The lowest BCUT2D eigenvalue weighted by molar-refractivity contribution is 0.528. The molecule has 0 aliphatic carbocycles. The predicted molar refractivity (Wildman–Crippen MR) is 90.0 cm³/mol. The molecule has 1 aromatic heterocycles. The van der Waals surface area contributed by atoms with E-state index in [9.17, 15) is 0 Å². The molecule has 0 radical (unpaired) electrons. The van der Waals surface area contributed by atoms with E-state index in [2.05, 4.69) is 60.5 Å². The van der Waals surface area contributed by atoms with Crippen molar-refractivity contribution in [3.05, 3.63) is 65.0 Å². The first-order chi connectivity index (χ1) is 10.7. The number of rotatable bonds is 6. The summed E-state index contributed by atoms with van der Waals surface area (Å²) in [7, 11) is 0. The lowest BCUT2D eigenvalue weighted by atomic mass is 10.1. The third kappa shape index (κ3) is 3.55. The first-order valence-electron chi connectivity index (χ1n) is 7.89. The second-order valence-electron chi connectivity index (χ2n) is 5.68. The van der Waals surface area contributed by atoms with E-state index in [1.807, 2.05) is 6.07 Å². The van der Waals surface area contributed by atoms with Crippen LogP contribution in [0.4, 0.5) is 0 Å². The van der Waals surface area contributed by atoms with E-state index in [0.29, 0.717) is 0 Å². The van der Waals surface area contributed by atoms with E-state index >= 15 is 0 Å². The van der Waals surface area contributed by atoms with E-state index < -0.39 is 0 Å². The largest absolute Gasteiger partial charge is 0.441 e. The summed E-state index contributed by atoms with van der Waals surface area (Å²) < 4.78 is 5.84. The second-order valence-corrected chi connectivity index (χ2v) is 5.68. The van der Waals surface area contributed by atoms with Crippen LogP contribution < -0.4 is 5.32 Å². The van der Waals surface area contributed by atoms with Crippen molar-refractivity contribution in [2.24, 2.45) is 0 Å². The van der Waals surface area contributed by atoms with Gasteiger partial charge in [-0.3, -0.25) is 0 Å². The third-order valence-electron chi connectivity index (χ3n) is 3.82. The van der Waals surface area contributed by atoms with Gasteiger partial charge in [0.15, 0.2) is 11.5 Å². The first kappa shape index (κ1) is 14.8. The first-order valence-corrected chi connectivity index (χ1v) is 7.89.